The molecule has 2 aromatic carbocycles. The Kier molecular flexibility index (Phi) is 11.3. The number of fused-ring (bicyclic) bond motifs is 2. The number of carbonyl (C=O) groups is 2. The third-order valence-corrected chi connectivity index (χ3v) is 11.2. The van der Waals surface area contributed by atoms with Crippen molar-refractivity contribution < 1.29 is 58.5 Å². The Morgan fingerprint density at radius 3 is 2.46 bits per heavy atom. The van der Waals surface area contributed by atoms with Gasteiger partial charge in [0.15, 0.2) is 0 Å². The number of hydrogen-bond acceptors (Lipinski definition) is 7. The minimum atomic E-state index is -4.90. The van der Waals surface area contributed by atoms with Crippen LogP contribution in [0.5, 0.6) is 0 Å². The summed E-state index contributed by atoms with van der Waals surface area (Å²) in [4.78, 5) is 24.6. The van der Waals surface area contributed by atoms with Crippen molar-refractivity contribution in [3.8, 4) is 11.1 Å². The normalized spacial score (nSPS) is 15.8. The third-order valence-electron chi connectivity index (χ3n) is 7.90. The van der Waals surface area contributed by atoms with E-state index in [1.54, 1.807) is 33.0 Å². The summed E-state index contributed by atoms with van der Waals surface area (Å²) in [5.74, 6) is -2.03. The molecule has 1 fully saturated rings. The number of esters is 1. The van der Waals surface area contributed by atoms with Crippen LogP contribution in [0.25, 0.3) is 32.9 Å². The van der Waals surface area contributed by atoms with Crippen LogP contribution in [-0.2, 0) is 27.0 Å². The molecular weight excluding hydrogens is 747 g/mol. The second-order valence-corrected chi connectivity index (χ2v) is 16.2. The second-order valence-electron chi connectivity index (χ2n) is 12.9. The summed E-state index contributed by atoms with van der Waals surface area (Å²) in [6, 6.07) is 7.20. The number of hydrogen-bond donors (Lipinski definition) is 3. The zero-order chi connectivity index (χ0) is 34.6. The molecule has 15 heteroatoms. The molecule has 1 atom stereocenters. The van der Waals surface area contributed by atoms with E-state index in [2.05, 4.69) is 20.8 Å². The van der Waals surface area contributed by atoms with E-state index in [9.17, 15) is 27.9 Å². The molecule has 5 rings (SSSR count). The molecule has 0 saturated heterocycles. The van der Waals surface area contributed by atoms with Gasteiger partial charge in [-0.15, -0.1) is 0 Å². The van der Waals surface area contributed by atoms with Gasteiger partial charge in [-0.1, -0.05) is 0 Å². The van der Waals surface area contributed by atoms with E-state index in [4.69, 9.17) is 4.74 Å². The standard InChI is InChI=1S/C33H40F4IN6O4/c1-32(2,3)48-29(47)18-40-27(45)17-39-28(46)19-43-25-13-9-12-22(30(25)31(42-43)33(35,36)37)23-15-26-20(14-24(23)34)16-41-44(26)38-21-10-7-5-4-6-8-11-21/h9,12-16,21,27,40,45H,4-8,10-11,17-19H2,1-3H3,(H,39,46)/q-1. The number of rotatable bonds is 10. The third kappa shape index (κ3) is 9.02. The van der Waals surface area contributed by atoms with Crippen molar-refractivity contribution in [1.29, 1.82) is 0 Å². The van der Waals surface area contributed by atoms with Crippen molar-refractivity contribution in [1.82, 2.24) is 28.4 Å². The van der Waals surface area contributed by atoms with Crippen LogP contribution in [0.1, 0.15) is 71.4 Å². The van der Waals surface area contributed by atoms with Crippen molar-refractivity contribution in [2.45, 2.75) is 94.2 Å². The summed E-state index contributed by atoms with van der Waals surface area (Å²) in [5, 5.41) is 23.6. The molecule has 3 N–H and O–H groups in total. The Morgan fingerprint density at radius 2 is 1.77 bits per heavy atom. The monoisotopic (exact) mass is 787 g/mol. The number of ether oxygens (including phenoxy) is 1. The SMILES string of the molecule is CC(C)(C)OC(=O)CNC(O)CNC(=O)Cn1nc(C(F)(F)F)c2c(-c3cc4c(cnn4[I-]C4CCCCCCC4)cc3F)cccc21. The Labute approximate surface area is 286 Å². The molecule has 1 saturated carbocycles. The number of amides is 1. The Bertz CT molecular complexity index is 1760. The van der Waals surface area contributed by atoms with Crippen LogP contribution in [0.4, 0.5) is 17.6 Å². The molecule has 0 spiro atoms. The maximum absolute atomic E-state index is 15.7. The first-order valence-corrected chi connectivity index (χ1v) is 18.2. The topological polar surface area (TPSA) is 123 Å². The molecule has 1 aliphatic rings. The number of alkyl halides is 4. The van der Waals surface area contributed by atoms with Crippen LogP contribution in [0.15, 0.2) is 36.5 Å². The van der Waals surface area contributed by atoms with E-state index in [0.717, 1.165) is 17.5 Å². The first kappa shape index (κ1) is 36.0. The van der Waals surface area contributed by atoms with Gasteiger partial charge < -0.3 is 9.84 Å². The van der Waals surface area contributed by atoms with Crippen LogP contribution in [-0.4, -0.2) is 63.6 Å². The van der Waals surface area contributed by atoms with Crippen LogP contribution < -0.4 is 32.1 Å². The summed E-state index contributed by atoms with van der Waals surface area (Å²) in [6.07, 6.45) is 3.63. The predicted octanol–water partition coefficient (Wildman–Crippen LogP) is 2.54. The fraction of sp³-hybridized carbons (Fsp3) is 0.515. The van der Waals surface area contributed by atoms with Crippen LogP contribution in [0, 0.1) is 5.82 Å². The fourth-order valence-electron chi connectivity index (χ4n) is 5.76. The van der Waals surface area contributed by atoms with Gasteiger partial charge in [0.1, 0.15) is 11.8 Å². The average Bonchev–Trinajstić information content (AvgIpc) is 3.56. The molecule has 1 amide bonds. The van der Waals surface area contributed by atoms with Gasteiger partial charge in [-0.05, 0) is 20.8 Å². The van der Waals surface area contributed by atoms with E-state index in [-0.39, 0.29) is 35.1 Å². The number of nitrogens with zero attached hydrogens (tertiary/aromatic N) is 4. The van der Waals surface area contributed by atoms with Gasteiger partial charge in [0.05, 0.1) is 6.54 Å². The fourth-order valence-corrected chi connectivity index (χ4v) is 8.93. The van der Waals surface area contributed by atoms with Crippen molar-refractivity contribution in [2.24, 2.45) is 0 Å². The first-order chi connectivity index (χ1) is 22.7. The number of benzene rings is 2. The van der Waals surface area contributed by atoms with Gasteiger partial charge >= 0.3 is 228 Å². The number of halogens is 5. The van der Waals surface area contributed by atoms with Crippen molar-refractivity contribution in [2.75, 3.05) is 13.1 Å². The van der Waals surface area contributed by atoms with Gasteiger partial charge in [0, 0.05) is 0 Å². The predicted molar refractivity (Wildman–Crippen MR) is 168 cm³/mol. The molecule has 1 aliphatic carbocycles. The number of nitrogens with one attached hydrogen (secondary N) is 2. The van der Waals surface area contributed by atoms with Crippen LogP contribution >= 0.6 is 0 Å². The molecular formula is C33H40F4IN6O4-. The Morgan fingerprint density at radius 1 is 1.06 bits per heavy atom. The molecule has 2 heterocycles. The summed E-state index contributed by atoms with van der Waals surface area (Å²) >= 11 is -0.572. The molecule has 262 valence electrons. The minimum absolute atomic E-state index is 0.00422. The van der Waals surface area contributed by atoms with Gasteiger partial charge in [-0.2, -0.15) is 0 Å². The van der Waals surface area contributed by atoms with E-state index < -0.39 is 69.4 Å². The van der Waals surface area contributed by atoms with Crippen LogP contribution in [0.3, 0.4) is 0 Å². The number of aromatic nitrogens is 4. The first-order valence-electron chi connectivity index (χ1n) is 16.0. The van der Waals surface area contributed by atoms with E-state index >= 15 is 4.39 Å². The van der Waals surface area contributed by atoms with Gasteiger partial charge in [0.25, 0.3) is 0 Å². The van der Waals surface area contributed by atoms with Gasteiger partial charge in [-0.3, -0.25) is 10.1 Å². The molecule has 2 aromatic heterocycles. The molecule has 0 bridgehead atoms. The van der Waals surface area contributed by atoms with Crippen LogP contribution in [0.2, 0.25) is 0 Å². The van der Waals surface area contributed by atoms with Crippen molar-refractivity contribution in [3.05, 3.63) is 48.0 Å². The summed E-state index contributed by atoms with van der Waals surface area (Å²) in [5.41, 5.74) is -1.29. The number of carbonyl (C=O) groups excluding carboxylic acids is 2. The average molecular weight is 788 g/mol. The van der Waals surface area contributed by atoms with Crippen molar-refractivity contribution >= 4 is 33.7 Å². The zero-order valence-electron chi connectivity index (χ0n) is 27.0. The molecule has 0 aliphatic heterocycles. The van der Waals surface area contributed by atoms with Crippen molar-refractivity contribution in [3.63, 3.8) is 0 Å². The number of aliphatic hydroxyl groups excluding tert-OH is 1. The Hall–Kier alpha value is -3.31. The van der Waals surface area contributed by atoms with E-state index in [1.165, 1.54) is 56.4 Å². The molecule has 48 heavy (non-hydrogen) atoms. The summed E-state index contributed by atoms with van der Waals surface area (Å²) < 4.78 is 67.4. The summed E-state index contributed by atoms with van der Waals surface area (Å²) in [7, 11) is 0. The zero-order valence-corrected chi connectivity index (χ0v) is 29.2. The van der Waals surface area contributed by atoms with Gasteiger partial charge in [0.2, 0.25) is 0 Å². The molecule has 10 nitrogen and oxygen atoms in total. The molecule has 0 radical (unpaired) electrons. The van der Waals surface area contributed by atoms with E-state index in [0.29, 0.717) is 14.8 Å². The molecule has 1 unspecified atom stereocenters. The molecule has 4 aromatic rings. The van der Waals surface area contributed by atoms with E-state index in [1.807, 2.05) is 2.90 Å². The second kappa shape index (κ2) is 15.1. The number of aliphatic hydroxyl groups is 1. The maximum atomic E-state index is 15.7. The van der Waals surface area contributed by atoms with Gasteiger partial charge in [-0.25, -0.2) is 0 Å². The summed E-state index contributed by atoms with van der Waals surface area (Å²) in [6.45, 7) is 3.83. The quantitative estimate of drug-likeness (QED) is 0.0743. The Balaban J connectivity index is 1.39.